The van der Waals surface area contributed by atoms with E-state index in [1.807, 2.05) is 0 Å². The molecular formula is C32H33FIN2Na3O12S4. The van der Waals surface area contributed by atoms with Gasteiger partial charge in [0.05, 0.1) is 36.8 Å². The molecule has 0 bridgehead atoms. The van der Waals surface area contributed by atoms with Crippen molar-refractivity contribution < 1.29 is 150 Å². The van der Waals surface area contributed by atoms with Crippen molar-refractivity contribution in [1.82, 2.24) is 0 Å². The minimum Gasteiger partial charge on any atom is -0.748 e. The summed E-state index contributed by atoms with van der Waals surface area (Å²) < 4.78 is 156. The van der Waals surface area contributed by atoms with Crippen molar-refractivity contribution in [3.63, 3.8) is 0 Å². The molecule has 2 aromatic carbocycles. The fourth-order valence-electron chi connectivity index (χ4n) is 6.25. The summed E-state index contributed by atoms with van der Waals surface area (Å²) in [6.07, 6.45) is 9.79. The second-order valence-electron chi connectivity index (χ2n) is 13.2. The minimum absolute atomic E-state index is 0. The molecule has 0 radical (unpaired) electrons. The average molecular weight is 984 g/mol. The first-order valence-corrected chi connectivity index (χ1v) is 22.2. The Morgan fingerprint density at radius 3 is 1.87 bits per heavy atom. The number of hydrogen-bond acceptors (Lipinski definition) is 13. The third-order valence-corrected chi connectivity index (χ3v) is 13.1. The molecule has 0 unspecified atom stereocenters. The number of halogens is 2. The van der Waals surface area contributed by atoms with E-state index in [-0.39, 0.29) is 117 Å². The Hall–Kier alpha value is 0.170. The van der Waals surface area contributed by atoms with Gasteiger partial charge in [0.2, 0.25) is 5.69 Å². The number of rotatable bonds is 12. The van der Waals surface area contributed by atoms with Crippen LogP contribution in [0.2, 0.25) is 0 Å². The molecule has 0 saturated heterocycles. The topological polar surface area (TPSA) is 235 Å². The van der Waals surface area contributed by atoms with Gasteiger partial charge >= 0.3 is 88.7 Å². The summed E-state index contributed by atoms with van der Waals surface area (Å²) in [5, 5.41) is 0. The molecule has 0 atom stereocenters. The monoisotopic (exact) mass is 983 g/mol. The molecule has 2 heterocycles. The van der Waals surface area contributed by atoms with E-state index in [1.165, 1.54) is 17.0 Å². The van der Waals surface area contributed by atoms with Gasteiger partial charge in [-0.2, -0.15) is 4.58 Å². The van der Waals surface area contributed by atoms with Gasteiger partial charge in [-0.3, -0.25) is 0 Å². The fraction of sp³-hybridized carbons (Fsp3) is 0.344. The zero-order valence-corrected chi connectivity index (χ0v) is 42.7. The maximum absolute atomic E-state index is 14.8. The zero-order chi connectivity index (χ0) is 39.4. The summed E-state index contributed by atoms with van der Waals surface area (Å²) in [5.41, 5.74) is 0.733. The Morgan fingerprint density at radius 2 is 1.35 bits per heavy atom. The van der Waals surface area contributed by atoms with E-state index < -0.39 is 78.4 Å². The predicted molar refractivity (Wildman–Crippen MR) is 194 cm³/mol. The fourth-order valence-corrected chi connectivity index (χ4v) is 9.44. The first kappa shape index (κ1) is 53.2. The first-order valence-electron chi connectivity index (χ1n) is 15.2. The quantitative estimate of drug-likeness (QED) is 0.0636. The molecule has 4 rings (SSSR count). The summed E-state index contributed by atoms with van der Waals surface area (Å²) >= 11 is 1.70. The van der Waals surface area contributed by atoms with E-state index in [2.05, 4.69) is 0 Å². The number of anilines is 1. The van der Waals surface area contributed by atoms with Crippen LogP contribution in [0.4, 0.5) is 15.8 Å². The smallest absolute Gasteiger partial charge is 0.748 e. The van der Waals surface area contributed by atoms with Gasteiger partial charge < -0.3 is 23.1 Å². The molecule has 0 saturated carbocycles. The molecule has 0 aliphatic carbocycles. The van der Waals surface area contributed by atoms with Crippen LogP contribution in [0.25, 0.3) is 0 Å². The van der Waals surface area contributed by atoms with E-state index in [9.17, 15) is 56.3 Å². The molecule has 55 heavy (non-hydrogen) atoms. The van der Waals surface area contributed by atoms with Crippen LogP contribution in [0.3, 0.4) is 0 Å². The van der Waals surface area contributed by atoms with E-state index in [4.69, 9.17) is 0 Å². The third-order valence-electron chi connectivity index (χ3n) is 8.79. The van der Waals surface area contributed by atoms with Crippen LogP contribution in [-0.4, -0.2) is 86.8 Å². The number of allylic oxidation sites excluding steroid dienone is 8. The molecule has 0 aromatic heterocycles. The van der Waals surface area contributed by atoms with Gasteiger partial charge in [-0.25, -0.2) is 38.1 Å². The second-order valence-corrected chi connectivity index (χ2v) is 20.1. The minimum atomic E-state index is -5.18. The van der Waals surface area contributed by atoms with Gasteiger partial charge in [0.1, 0.15) is 36.2 Å². The molecular weight excluding hydrogens is 950 g/mol. The van der Waals surface area contributed by atoms with Crippen molar-refractivity contribution in [2.24, 2.45) is 0 Å². The van der Waals surface area contributed by atoms with Gasteiger partial charge in [0, 0.05) is 44.6 Å². The van der Waals surface area contributed by atoms with Crippen molar-refractivity contribution in [3.8, 4) is 0 Å². The standard InChI is InChI=1S/C32H36FIN2O12S4.3Na/c1-20(8-6-10-29-31(2,3)21-16-27(51(43,44)45)23(33)18-25(21)35(29)12-14-49(37,38)39)9-7-11-30-32(4,5)22-17-28(52(46,47)48)24(34)19-26(22)36(30)13-15-50(40,41)42;;;/h6-11,16-19H,12-15H2,1-5H3,(H3-,37,38,39,40,41,42,43,44,45,46,47,48);;;/q;3*+1/p-3/i33-1,34+4;;;. The van der Waals surface area contributed by atoms with Crippen LogP contribution >= 0.6 is 22.6 Å². The SMILES string of the molecule is CC(/C=C/C=C1/N(CCS(=O)(=O)[O-])c2cc([18F])c(S(=O)(=O)[O-])cc2C1(C)C)=C\C=C\C1=[N+](CCS(=O)(=O)[O-])c2cc([131I])c(S(=O)(=O)[O-])cc2C1(C)C.[Na+].[Na+].[Na+]. The normalized spacial score (nSPS) is 17.6. The molecule has 23 heteroatoms. The number of fused-ring (bicyclic) bond motifs is 2. The van der Waals surface area contributed by atoms with Gasteiger partial charge in [-0.1, -0.05) is 43.7 Å². The van der Waals surface area contributed by atoms with Crippen LogP contribution in [0.15, 0.2) is 81.8 Å². The van der Waals surface area contributed by atoms with E-state index in [0.29, 0.717) is 28.2 Å². The van der Waals surface area contributed by atoms with Crippen LogP contribution in [0.5, 0.6) is 0 Å². The van der Waals surface area contributed by atoms with E-state index in [1.54, 1.807) is 98.2 Å². The Bertz CT molecular complexity index is 2470. The molecule has 2 aliphatic heterocycles. The van der Waals surface area contributed by atoms with Crippen molar-refractivity contribution in [2.45, 2.75) is 55.2 Å². The molecule has 0 spiro atoms. The number of benzene rings is 2. The van der Waals surface area contributed by atoms with Gasteiger partial charge in [-0.05, 0) is 73.2 Å². The van der Waals surface area contributed by atoms with E-state index in [0.717, 1.165) is 12.1 Å². The number of hydrogen-bond donors (Lipinski definition) is 0. The molecule has 0 amide bonds. The molecule has 284 valence electrons. The van der Waals surface area contributed by atoms with Gasteiger partial charge in [0.25, 0.3) is 0 Å². The first-order chi connectivity index (χ1) is 23.6. The third kappa shape index (κ3) is 12.6. The summed E-state index contributed by atoms with van der Waals surface area (Å²) in [4.78, 5) is -0.126. The van der Waals surface area contributed by atoms with Crippen LogP contribution in [0, 0.1) is 9.39 Å². The van der Waals surface area contributed by atoms with E-state index >= 15 is 0 Å². The Balaban J connectivity index is 0.00000504. The van der Waals surface area contributed by atoms with Crippen LogP contribution in [-0.2, 0) is 51.3 Å². The predicted octanol–water partition coefficient (Wildman–Crippen LogP) is -5.54. The average Bonchev–Trinajstić information content (AvgIpc) is 3.29. The van der Waals surface area contributed by atoms with Crippen molar-refractivity contribution in [1.29, 1.82) is 0 Å². The Labute approximate surface area is 401 Å². The summed E-state index contributed by atoms with van der Waals surface area (Å²) in [6.45, 7) is 7.91. The largest absolute Gasteiger partial charge is 1.00 e. The summed E-state index contributed by atoms with van der Waals surface area (Å²) in [6, 6.07) is 4.43. The van der Waals surface area contributed by atoms with Crippen LogP contribution in [0.1, 0.15) is 45.7 Å². The zero-order valence-electron chi connectivity index (χ0n) is 31.3. The summed E-state index contributed by atoms with van der Waals surface area (Å²) in [7, 11) is -19.4. The van der Waals surface area contributed by atoms with Gasteiger partial charge in [0.15, 0.2) is 12.3 Å². The second kappa shape index (κ2) is 19.3. The maximum Gasteiger partial charge on any atom is 1.00 e. The maximum atomic E-state index is 14.8. The molecule has 0 N–H and O–H groups in total. The molecule has 2 aromatic rings. The molecule has 2 aliphatic rings. The van der Waals surface area contributed by atoms with Crippen molar-refractivity contribution in [2.75, 3.05) is 29.5 Å². The van der Waals surface area contributed by atoms with Gasteiger partial charge in [-0.15, -0.1) is 0 Å². The van der Waals surface area contributed by atoms with Crippen molar-refractivity contribution >= 4 is 80.1 Å². The summed E-state index contributed by atoms with van der Waals surface area (Å²) in [5.74, 6) is -2.92. The molecule has 14 nitrogen and oxygen atoms in total. The Morgan fingerprint density at radius 1 is 0.800 bits per heavy atom. The Kier molecular flexibility index (Phi) is 18.6. The molecule has 0 fully saturated rings. The number of nitrogens with zero attached hydrogens (tertiary/aromatic N) is 2. The van der Waals surface area contributed by atoms with Crippen molar-refractivity contribution in [3.05, 3.63) is 92.5 Å². The van der Waals surface area contributed by atoms with Crippen LogP contribution < -0.4 is 93.6 Å².